The highest BCUT2D eigenvalue weighted by atomic mass is 16.4. The average molecular weight is 306 g/mol. The molecule has 0 spiro atoms. The van der Waals surface area contributed by atoms with Crippen molar-refractivity contribution in [3.8, 4) is 0 Å². The van der Waals surface area contributed by atoms with Crippen molar-refractivity contribution in [1.29, 1.82) is 0 Å². The Balaban J connectivity index is 1.82. The van der Waals surface area contributed by atoms with Crippen molar-refractivity contribution in [3.63, 3.8) is 0 Å². The molecule has 0 saturated heterocycles. The molecule has 5 N–H and O–H groups in total. The van der Waals surface area contributed by atoms with E-state index in [4.69, 9.17) is 15.9 Å². The van der Waals surface area contributed by atoms with E-state index in [0.717, 1.165) is 0 Å². The summed E-state index contributed by atoms with van der Waals surface area (Å²) in [6.07, 6.45) is 0.877. The summed E-state index contributed by atoms with van der Waals surface area (Å²) >= 11 is 0. The van der Waals surface area contributed by atoms with Crippen LogP contribution < -0.4 is 11.1 Å². The molecule has 0 radical (unpaired) electrons. The van der Waals surface area contributed by atoms with Crippen LogP contribution in [0.4, 0.5) is 0 Å². The summed E-state index contributed by atoms with van der Waals surface area (Å²) in [4.78, 5) is 33.7. The predicted octanol–water partition coefficient (Wildman–Crippen LogP) is 0.0915. The van der Waals surface area contributed by atoms with Gasteiger partial charge in [0.05, 0.1) is 5.56 Å². The molecule has 0 aromatic heterocycles. The molecule has 22 heavy (non-hydrogen) atoms. The average Bonchev–Trinajstić information content (AvgIpc) is 3.27. The Morgan fingerprint density at radius 3 is 2.59 bits per heavy atom. The smallest absolute Gasteiger partial charge is 0.335 e. The predicted molar refractivity (Wildman–Crippen MR) is 77.3 cm³/mol. The first kappa shape index (κ1) is 16.0. The minimum atomic E-state index is -1.10. The Hall–Kier alpha value is -2.41. The topological polar surface area (TPSA) is 130 Å². The zero-order valence-corrected chi connectivity index (χ0v) is 11.9. The second kappa shape index (κ2) is 6.57. The van der Waals surface area contributed by atoms with Crippen LogP contribution >= 0.6 is 0 Å². The summed E-state index contributed by atoms with van der Waals surface area (Å²) in [5, 5.41) is 20.6. The molecule has 2 rings (SSSR count). The van der Waals surface area contributed by atoms with E-state index in [1.54, 1.807) is 18.2 Å². The zero-order valence-electron chi connectivity index (χ0n) is 11.9. The largest absolute Gasteiger partial charge is 0.480 e. The molecule has 118 valence electrons. The molecule has 1 aliphatic carbocycles. The van der Waals surface area contributed by atoms with E-state index in [0.29, 0.717) is 24.9 Å². The molecule has 1 aromatic rings. The van der Waals surface area contributed by atoms with Gasteiger partial charge in [-0.05, 0) is 30.4 Å². The van der Waals surface area contributed by atoms with Crippen molar-refractivity contribution >= 4 is 17.8 Å². The number of nitrogens with one attached hydrogen (secondary N) is 1. The second-order valence-corrected chi connectivity index (χ2v) is 5.37. The number of carbonyl (C=O) groups is 3. The molecule has 1 amide bonds. The van der Waals surface area contributed by atoms with Gasteiger partial charge in [0.2, 0.25) is 5.91 Å². The molecule has 7 heteroatoms. The maximum absolute atomic E-state index is 11.9. The molecular formula is C15H18N2O5. The molecule has 1 fully saturated rings. The quantitative estimate of drug-likeness (QED) is 0.565. The summed E-state index contributed by atoms with van der Waals surface area (Å²) in [5.74, 6) is -3.01. The van der Waals surface area contributed by atoms with Crippen LogP contribution in [-0.4, -0.2) is 40.6 Å². The zero-order chi connectivity index (χ0) is 16.3. The minimum absolute atomic E-state index is 0.217. The fourth-order valence-electron chi connectivity index (χ4n) is 2.49. The Morgan fingerprint density at radius 2 is 1.95 bits per heavy atom. The Morgan fingerprint density at radius 1 is 1.27 bits per heavy atom. The maximum Gasteiger partial charge on any atom is 0.335 e. The SMILES string of the molecule is NC(C(=O)O)C1CC1C(=O)NCCc1ccccc1C(=O)O. The third-order valence-electron chi connectivity index (χ3n) is 3.86. The molecule has 7 nitrogen and oxygen atoms in total. The van der Waals surface area contributed by atoms with Crippen molar-refractivity contribution in [1.82, 2.24) is 5.32 Å². The molecule has 1 aliphatic rings. The van der Waals surface area contributed by atoms with E-state index in [9.17, 15) is 14.4 Å². The molecule has 0 aliphatic heterocycles. The molecule has 1 aromatic carbocycles. The summed E-state index contributed by atoms with van der Waals surface area (Å²) in [7, 11) is 0. The van der Waals surface area contributed by atoms with Gasteiger partial charge in [-0.15, -0.1) is 0 Å². The molecule has 3 unspecified atom stereocenters. The lowest BCUT2D eigenvalue weighted by atomic mass is 10.0. The van der Waals surface area contributed by atoms with E-state index in [-0.39, 0.29) is 23.3 Å². The lowest BCUT2D eigenvalue weighted by Crippen LogP contribution is -2.35. The van der Waals surface area contributed by atoms with Gasteiger partial charge in [-0.3, -0.25) is 9.59 Å². The van der Waals surface area contributed by atoms with Crippen LogP contribution in [0.25, 0.3) is 0 Å². The summed E-state index contributed by atoms with van der Waals surface area (Å²) in [5.41, 5.74) is 6.34. The number of aliphatic carboxylic acids is 1. The number of aromatic carboxylic acids is 1. The van der Waals surface area contributed by atoms with Crippen LogP contribution in [0.1, 0.15) is 22.3 Å². The highest BCUT2D eigenvalue weighted by molar-refractivity contribution is 5.89. The number of hydrogen-bond donors (Lipinski definition) is 4. The second-order valence-electron chi connectivity index (χ2n) is 5.37. The number of carboxylic acid groups (broad SMARTS) is 2. The third-order valence-corrected chi connectivity index (χ3v) is 3.86. The fourth-order valence-corrected chi connectivity index (χ4v) is 2.49. The Kier molecular flexibility index (Phi) is 4.77. The Labute approximate surface area is 127 Å². The number of amides is 1. The van der Waals surface area contributed by atoms with E-state index in [1.807, 2.05) is 0 Å². The van der Waals surface area contributed by atoms with Gasteiger partial charge in [-0.1, -0.05) is 18.2 Å². The molecule has 1 saturated carbocycles. The van der Waals surface area contributed by atoms with E-state index >= 15 is 0 Å². The first-order valence-electron chi connectivity index (χ1n) is 6.99. The van der Waals surface area contributed by atoms with Crippen LogP contribution in [0, 0.1) is 11.8 Å². The van der Waals surface area contributed by atoms with Gasteiger partial charge in [0.25, 0.3) is 0 Å². The van der Waals surface area contributed by atoms with Crippen molar-refractivity contribution < 1.29 is 24.6 Å². The molecule has 0 bridgehead atoms. The normalized spacial score (nSPS) is 21.0. The first-order valence-corrected chi connectivity index (χ1v) is 6.99. The van der Waals surface area contributed by atoms with Gasteiger partial charge in [-0.2, -0.15) is 0 Å². The molecular weight excluding hydrogens is 288 g/mol. The standard InChI is InChI=1S/C15H18N2O5/c16-12(15(21)22)10-7-11(10)13(18)17-6-5-8-3-1-2-4-9(8)14(19)20/h1-4,10-12H,5-7,16H2,(H,17,18)(H,19,20)(H,21,22). The van der Waals surface area contributed by atoms with Crippen molar-refractivity contribution in [2.45, 2.75) is 18.9 Å². The maximum atomic E-state index is 11.9. The lowest BCUT2D eigenvalue weighted by Gasteiger charge is -2.08. The number of benzene rings is 1. The summed E-state index contributed by atoms with van der Waals surface area (Å²) in [6, 6.07) is 5.60. The molecule has 0 heterocycles. The summed E-state index contributed by atoms with van der Waals surface area (Å²) < 4.78 is 0. The monoisotopic (exact) mass is 306 g/mol. The van der Waals surface area contributed by atoms with Gasteiger partial charge >= 0.3 is 11.9 Å². The van der Waals surface area contributed by atoms with E-state index < -0.39 is 18.0 Å². The van der Waals surface area contributed by atoms with Crippen molar-refractivity contribution in [3.05, 3.63) is 35.4 Å². The number of hydrogen-bond acceptors (Lipinski definition) is 4. The van der Waals surface area contributed by atoms with Gasteiger partial charge in [0, 0.05) is 12.5 Å². The van der Waals surface area contributed by atoms with Gasteiger partial charge < -0.3 is 21.3 Å². The number of rotatable bonds is 7. The molecule has 3 atom stereocenters. The van der Waals surface area contributed by atoms with Crippen LogP contribution in [0.5, 0.6) is 0 Å². The van der Waals surface area contributed by atoms with Gasteiger partial charge in [-0.25, -0.2) is 4.79 Å². The van der Waals surface area contributed by atoms with Crippen molar-refractivity contribution in [2.24, 2.45) is 17.6 Å². The van der Waals surface area contributed by atoms with Crippen LogP contribution in [0.2, 0.25) is 0 Å². The van der Waals surface area contributed by atoms with Crippen LogP contribution in [0.15, 0.2) is 24.3 Å². The summed E-state index contributed by atoms with van der Waals surface area (Å²) in [6.45, 7) is 0.300. The third kappa shape index (κ3) is 3.62. The van der Waals surface area contributed by atoms with Crippen LogP contribution in [0.3, 0.4) is 0 Å². The first-order chi connectivity index (χ1) is 10.4. The van der Waals surface area contributed by atoms with Crippen molar-refractivity contribution in [2.75, 3.05) is 6.54 Å². The minimum Gasteiger partial charge on any atom is -0.480 e. The fraction of sp³-hybridized carbons (Fsp3) is 0.400. The lowest BCUT2D eigenvalue weighted by molar-refractivity contribution is -0.139. The van der Waals surface area contributed by atoms with Gasteiger partial charge in [0.15, 0.2) is 0 Å². The highest BCUT2D eigenvalue weighted by Gasteiger charge is 2.48. The number of carboxylic acids is 2. The number of nitrogens with two attached hydrogens (primary N) is 1. The van der Waals surface area contributed by atoms with Gasteiger partial charge in [0.1, 0.15) is 6.04 Å². The van der Waals surface area contributed by atoms with E-state index in [2.05, 4.69) is 5.32 Å². The van der Waals surface area contributed by atoms with Crippen LogP contribution in [-0.2, 0) is 16.0 Å². The highest BCUT2D eigenvalue weighted by Crippen LogP contribution is 2.40. The van der Waals surface area contributed by atoms with E-state index in [1.165, 1.54) is 6.07 Å². The Bertz CT molecular complexity index is 601. The number of carbonyl (C=O) groups excluding carboxylic acids is 1.